The third-order valence-corrected chi connectivity index (χ3v) is 6.13. The molecule has 1 atom stereocenters. The number of thioether (sulfide) groups is 1. The molecule has 0 unspecified atom stereocenters. The minimum absolute atomic E-state index is 0.108. The summed E-state index contributed by atoms with van der Waals surface area (Å²) >= 11 is 7.35. The number of halogens is 1. The number of hydrogen-bond acceptors (Lipinski definition) is 7. The molecule has 0 fully saturated rings. The van der Waals surface area contributed by atoms with Crippen molar-refractivity contribution in [1.82, 2.24) is 20.1 Å². The first-order valence-electron chi connectivity index (χ1n) is 10.4. The zero-order valence-electron chi connectivity index (χ0n) is 18.9. The van der Waals surface area contributed by atoms with Crippen LogP contribution in [0.3, 0.4) is 0 Å². The van der Waals surface area contributed by atoms with Crippen LogP contribution in [0.1, 0.15) is 46.4 Å². The lowest BCUT2D eigenvalue weighted by molar-refractivity contribution is -0.113. The van der Waals surface area contributed by atoms with E-state index in [1.807, 2.05) is 18.4 Å². The molecule has 0 aliphatic carbocycles. The van der Waals surface area contributed by atoms with Crippen LogP contribution in [-0.4, -0.2) is 45.4 Å². The first-order valence-corrected chi connectivity index (χ1v) is 11.8. The summed E-state index contributed by atoms with van der Waals surface area (Å²) in [6, 6.07) is 12.8. The molecule has 0 spiro atoms. The predicted octanol–water partition coefficient (Wildman–Crippen LogP) is 3.96. The molecule has 0 saturated carbocycles. The zero-order valence-corrected chi connectivity index (χ0v) is 20.4. The number of benzene rings is 2. The molecule has 9 nitrogen and oxygen atoms in total. The van der Waals surface area contributed by atoms with Crippen LogP contribution in [0.4, 0.5) is 5.69 Å². The summed E-state index contributed by atoms with van der Waals surface area (Å²) in [5.41, 5.74) is 1.34. The molecule has 3 aromatic rings. The van der Waals surface area contributed by atoms with E-state index < -0.39 is 12.0 Å². The van der Waals surface area contributed by atoms with Gasteiger partial charge in [0.15, 0.2) is 11.0 Å². The molecule has 0 saturated heterocycles. The van der Waals surface area contributed by atoms with Crippen molar-refractivity contribution >= 4 is 46.8 Å². The Morgan fingerprint density at radius 3 is 2.47 bits per heavy atom. The number of amides is 2. The van der Waals surface area contributed by atoms with Gasteiger partial charge in [-0.1, -0.05) is 35.5 Å². The van der Waals surface area contributed by atoms with Gasteiger partial charge in [-0.3, -0.25) is 9.59 Å². The number of carbonyl (C=O) groups is 3. The van der Waals surface area contributed by atoms with Gasteiger partial charge in [-0.2, -0.15) is 0 Å². The fourth-order valence-electron chi connectivity index (χ4n) is 3.14. The summed E-state index contributed by atoms with van der Waals surface area (Å²) in [6.07, 6.45) is 0. The molecular weight excluding hydrogens is 478 g/mol. The van der Waals surface area contributed by atoms with E-state index in [0.717, 1.165) is 0 Å². The number of anilines is 1. The molecule has 0 bridgehead atoms. The number of esters is 1. The van der Waals surface area contributed by atoms with Gasteiger partial charge in [-0.05, 0) is 50.2 Å². The van der Waals surface area contributed by atoms with Crippen molar-refractivity contribution in [1.29, 1.82) is 0 Å². The Balaban J connectivity index is 1.60. The maximum absolute atomic E-state index is 12.6. The summed E-state index contributed by atoms with van der Waals surface area (Å²) < 4.78 is 6.51. The van der Waals surface area contributed by atoms with E-state index in [0.29, 0.717) is 39.4 Å². The van der Waals surface area contributed by atoms with E-state index in [1.54, 1.807) is 48.5 Å². The van der Waals surface area contributed by atoms with Crippen LogP contribution in [0, 0.1) is 0 Å². The lowest BCUT2D eigenvalue weighted by Crippen LogP contribution is -2.29. The number of hydrogen-bond donors (Lipinski definition) is 2. The van der Waals surface area contributed by atoms with E-state index in [2.05, 4.69) is 25.6 Å². The Bertz CT molecular complexity index is 1180. The second-order valence-electron chi connectivity index (χ2n) is 7.17. The SMILES string of the molecule is CCn1c(SCC(=O)Nc2ccc(C(=O)OC)cc2)nnc1[C@H](C)NC(=O)c1ccccc1Cl. The quantitative estimate of drug-likeness (QED) is 0.337. The number of aromatic nitrogens is 3. The van der Waals surface area contributed by atoms with Gasteiger partial charge in [0.2, 0.25) is 5.91 Å². The molecule has 2 amide bonds. The molecule has 0 radical (unpaired) electrons. The number of methoxy groups -OCH3 is 1. The zero-order chi connectivity index (χ0) is 24.7. The molecule has 1 heterocycles. The Kier molecular flexibility index (Phi) is 8.67. The van der Waals surface area contributed by atoms with Crippen LogP contribution in [0.25, 0.3) is 0 Å². The normalized spacial score (nSPS) is 11.5. The first kappa shape index (κ1) is 25.3. The average molecular weight is 502 g/mol. The lowest BCUT2D eigenvalue weighted by Gasteiger charge is -2.15. The minimum atomic E-state index is -0.444. The molecule has 11 heteroatoms. The summed E-state index contributed by atoms with van der Waals surface area (Å²) in [7, 11) is 1.31. The van der Waals surface area contributed by atoms with Crippen LogP contribution >= 0.6 is 23.4 Å². The second-order valence-corrected chi connectivity index (χ2v) is 8.52. The van der Waals surface area contributed by atoms with E-state index in [4.69, 9.17) is 11.6 Å². The molecule has 3 rings (SSSR count). The van der Waals surface area contributed by atoms with Crippen LogP contribution in [0.15, 0.2) is 53.7 Å². The summed E-state index contributed by atoms with van der Waals surface area (Å²) in [6.45, 7) is 4.31. The standard InChI is InChI=1S/C23H24ClN5O4S/c1-4-29-20(14(2)25-21(31)17-7-5-6-8-18(17)24)27-28-23(29)34-13-19(30)26-16-11-9-15(10-12-16)22(32)33-3/h5-12,14H,4,13H2,1-3H3,(H,25,31)(H,26,30)/t14-/m0/s1. The molecule has 1 aromatic heterocycles. The van der Waals surface area contributed by atoms with Crippen molar-refractivity contribution in [3.8, 4) is 0 Å². The highest BCUT2D eigenvalue weighted by Crippen LogP contribution is 2.22. The van der Waals surface area contributed by atoms with Gasteiger partial charge >= 0.3 is 5.97 Å². The van der Waals surface area contributed by atoms with E-state index in [9.17, 15) is 14.4 Å². The summed E-state index contributed by atoms with van der Waals surface area (Å²) in [5, 5.41) is 15.0. The van der Waals surface area contributed by atoms with E-state index >= 15 is 0 Å². The van der Waals surface area contributed by atoms with Crippen LogP contribution < -0.4 is 10.6 Å². The highest BCUT2D eigenvalue weighted by atomic mass is 35.5. The molecule has 0 aliphatic heterocycles. The Hall–Kier alpha value is -3.37. The fraction of sp³-hybridized carbons (Fsp3) is 0.261. The molecule has 2 aromatic carbocycles. The van der Waals surface area contributed by atoms with Crippen LogP contribution in [0.5, 0.6) is 0 Å². The average Bonchev–Trinajstić information content (AvgIpc) is 3.26. The largest absolute Gasteiger partial charge is 0.465 e. The Morgan fingerprint density at radius 1 is 1.12 bits per heavy atom. The molecule has 0 aliphatic rings. The molecular formula is C23H24ClN5O4S. The van der Waals surface area contributed by atoms with Crippen molar-refractivity contribution in [3.05, 3.63) is 70.5 Å². The minimum Gasteiger partial charge on any atom is -0.465 e. The third-order valence-electron chi connectivity index (χ3n) is 4.84. The lowest BCUT2D eigenvalue weighted by atomic mass is 10.2. The number of ether oxygens (including phenoxy) is 1. The predicted molar refractivity (Wildman–Crippen MR) is 130 cm³/mol. The van der Waals surface area contributed by atoms with Gasteiger partial charge in [0, 0.05) is 12.2 Å². The van der Waals surface area contributed by atoms with Crippen molar-refractivity contribution in [2.75, 3.05) is 18.2 Å². The van der Waals surface area contributed by atoms with E-state index in [-0.39, 0.29) is 17.6 Å². The third kappa shape index (κ3) is 6.15. The molecule has 178 valence electrons. The fourth-order valence-corrected chi connectivity index (χ4v) is 4.17. The van der Waals surface area contributed by atoms with Crippen molar-refractivity contribution in [2.45, 2.75) is 31.6 Å². The first-order chi connectivity index (χ1) is 16.3. The van der Waals surface area contributed by atoms with Crippen LogP contribution in [0.2, 0.25) is 5.02 Å². The number of nitrogens with one attached hydrogen (secondary N) is 2. The van der Waals surface area contributed by atoms with E-state index in [1.165, 1.54) is 18.9 Å². The van der Waals surface area contributed by atoms with Crippen molar-refractivity contribution < 1.29 is 19.1 Å². The van der Waals surface area contributed by atoms with Gasteiger partial charge in [0.05, 0.1) is 35.1 Å². The second kappa shape index (κ2) is 11.7. The number of nitrogens with zero attached hydrogens (tertiary/aromatic N) is 3. The topological polar surface area (TPSA) is 115 Å². The smallest absolute Gasteiger partial charge is 0.337 e. The van der Waals surface area contributed by atoms with Crippen molar-refractivity contribution in [2.24, 2.45) is 0 Å². The maximum Gasteiger partial charge on any atom is 0.337 e. The van der Waals surface area contributed by atoms with Gasteiger partial charge in [0.25, 0.3) is 5.91 Å². The Morgan fingerprint density at radius 2 is 1.82 bits per heavy atom. The van der Waals surface area contributed by atoms with Crippen molar-refractivity contribution in [3.63, 3.8) is 0 Å². The maximum atomic E-state index is 12.6. The molecule has 34 heavy (non-hydrogen) atoms. The molecule has 2 N–H and O–H groups in total. The Labute approximate surface area is 206 Å². The highest BCUT2D eigenvalue weighted by Gasteiger charge is 2.21. The van der Waals surface area contributed by atoms with Gasteiger partial charge < -0.3 is 19.9 Å². The summed E-state index contributed by atoms with van der Waals surface area (Å²) in [5.74, 6) is -0.305. The monoisotopic (exact) mass is 501 g/mol. The number of rotatable bonds is 9. The van der Waals surface area contributed by atoms with Gasteiger partial charge in [-0.25, -0.2) is 4.79 Å². The number of carbonyl (C=O) groups excluding carboxylic acids is 3. The van der Waals surface area contributed by atoms with Gasteiger partial charge in [-0.15, -0.1) is 10.2 Å². The summed E-state index contributed by atoms with van der Waals surface area (Å²) in [4.78, 5) is 36.5. The highest BCUT2D eigenvalue weighted by molar-refractivity contribution is 7.99. The van der Waals surface area contributed by atoms with Crippen LogP contribution in [-0.2, 0) is 16.1 Å². The van der Waals surface area contributed by atoms with Gasteiger partial charge in [0.1, 0.15) is 0 Å².